The zero-order valence-corrected chi connectivity index (χ0v) is 18.5. The van der Waals surface area contributed by atoms with Crippen LogP contribution in [0.3, 0.4) is 0 Å². The predicted octanol–water partition coefficient (Wildman–Crippen LogP) is 2.44. The van der Waals surface area contributed by atoms with Gasteiger partial charge in [-0.05, 0) is 30.5 Å². The van der Waals surface area contributed by atoms with Crippen LogP contribution in [0.15, 0.2) is 55.6 Å². The summed E-state index contributed by atoms with van der Waals surface area (Å²) in [5, 5.41) is 13.0. The topological polar surface area (TPSA) is 112 Å². The fourth-order valence-electron chi connectivity index (χ4n) is 3.85. The number of aromatic nitrogens is 2. The predicted molar refractivity (Wildman–Crippen MR) is 121 cm³/mol. The van der Waals surface area contributed by atoms with Gasteiger partial charge in [0.1, 0.15) is 9.90 Å². The molecular weight excluding hydrogens is 458 g/mol. The maximum Gasteiger partial charge on any atom is 0.334 e. The lowest BCUT2D eigenvalue weighted by molar-refractivity contribution is 0.287. The molecule has 0 saturated carbocycles. The van der Waals surface area contributed by atoms with Gasteiger partial charge in [0.2, 0.25) is 0 Å². The number of rotatable bonds is 4. The highest BCUT2D eigenvalue weighted by Gasteiger charge is 2.30. The number of anilines is 1. The molecule has 0 spiro atoms. The number of hydrogen-bond donors (Lipinski definition) is 2. The molecule has 4 aromatic rings. The van der Waals surface area contributed by atoms with Crippen molar-refractivity contribution < 1.29 is 13.5 Å². The van der Waals surface area contributed by atoms with Crippen molar-refractivity contribution >= 4 is 49.3 Å². The fourth-order valence-corrected chi connectivity index (χ4v) is 7.48. The summed E-state index contributed by atoms with van der Waals surface area (Å²) in [6.07, 6.45) is 1.53. The maximum atomic E-state index is 13.4. The Hall–Kier alpha value is -2.73. The minimum absolute atomic E-state index is 0.0308. The number of benzene rings is 1. The van der Waals surface area contributed by atoms with Gasteiger partial charge in [-0.1, -0.05) is 18.2 Å². The van der Waals surface area contributed by atoms with Crippen molar-refractivity contribution in [2.45, 2.75) is 24.3 Å². The standard InChI is InChI=1S/C20H17N3O5S3/c24-9-16-18-14(11-29-16)21-20(26)23(19(18)25)17-8-13(10-30-17)31(27,28)22-7-3-5-12-4-1-2-6-15(12)22/h1-2,4,6,8,10-11,24H,3,5,7,9H2,(H,21,26). The van der Waals surface area contributed by atoms with Gasteiger partial charge in [0.15, 0.2) is 0 Å². The van der Waals surface area contributed by atoms with Gasteiger partial charge in [-0.2, -0.15) is 0 Å². The van der Waals surface area contributed by atoms with Crippen molar-refractivity contribution in [1.29, 1.82) is 0 Å². The molecule has 0 saturated heterocycles. The van der Waals surface area contributed by atoms with E-state index < -0.39 is 21.3 Å². The molecule has 0 bridgehead atoms. The summed E-state index contributed by atoms with van der Waals surface area (Å²) in [5.74, 6) is 0. The van der Waals surface area contributed by atoms with Crippen molar-refractivity contribution in [2.75, 3.05) is 10.8 Å². The van der Waals surface area contributed by atoms with Crippen LogP contribution in [-0.2, 0) is 23.1 Å². The zero-order valence-electron chi connectivity index (χ0n) is 16.1. The Bertz CT molecular complexity index is 1530. The van der Waals surface area contributed by atoms with Crippen molar-refractivity contribution in [2.24, 2.45) is 0 Å². The van der Waals surface area contributed by atoms with Crippen LogP contribution in [0.1, 0.15) is 16.9 Å². The van der Waals surface area contributed by atoms with Crippen LogP contribution < -0.4 is 15.6 Å². The second-order valence-electron chi connectivity index (χ2n) is 7.11. The van der Waals surface area contributed by atoms with E-state index in [0.717, 1.165) is 27.9 Å². The third kappa shape index (κ3) is 3.16. The van der Waals surface area contributed by atoms with E-state index in [-0.39, 0.29) is 21.9 Å². The number of para-hydroxylation sites is 1. The highest BCUT2D eigenvalue weighted by Crippen LogP contribution is 2.33. The van der Waals surface area contributed by atoms with Crippen LogP contribution in [0.4, 0.5) is 5.69 Å². The Balaban J connectivity index is 1.62. The Labute approximate surface area is 184 Å². The lowest BCUT2D eigenvalue weighted by Crippen LogP contribution is -2.35. The van der Waals surface area contributed by atoms with E-state index in [4.69, 9.17) is 0 Å². The van der Waals surface area contributed by atoms with E-state index in [1.165, 1.54) is 27.1 Å². The van der Waals surface area contributed by atoms with Crippen molar-refractivity contribution in [3.8, 4) is 5.00 Å². The number of sulfonamides is 1. The first-order chi connectivity index (χ1) is 14.9. The maximum absolute atomic E-state index is 13.4. The summed E-state index contributed by atoms with van der Waals surface area (Å²) < 4.78 is 29.0. The SMILES string of the molecule is O=c1[nH]c2csc(CO)c2c(=O)n1-c1cc(S(=O)(=O)N2CCCc3ccccc32)cs1. The first-order valence-electron chi connectivity index (χ1n) is 9.47. The smallest absolute Gasteiger partial charge is 0.334 e. The van der Waals surface area contributed by atoms with E-state index >= 15 is 0 Å². The third-order valence-electron chi connectivity index (χ3n) is 5.31. The lowest BCUT2D eigenvalue weighted by atomic mass is 10.0. The van der Waals surface area contributed by atoms with Crippen molar-refractivity contribution in [3.05, 3.63) is 72.4 Å². The molecule has 1 aliphatic rings. The van der Waals surface area contributed by atoms with Crippen LogP contribution in [-0.4, -0.2) is 29.6 Å². The number of nitrogens with one attached hydrogen (secondary N) is 1. The Kier molecular flexibility index (Phi) is 4.85. The minimum atomic E-state index is -3.85. The zero-order chi connectivity index (χ0) is 21.8. The average Bonchev–Trinajstić information content (AvgIpc) is 3.41. The van der Waals surface area contributed by atoms with E-state index in [1.807, 2.05) is 12.1 Å². The highest BCUT2D eigenvalue weighted by atomic mass is 32.2. The average molecular weight is 476 g/mol. The molecular formula is C20H17N3O5S3. The molecule has 0 radical (unpaired) electrons. The van der Waals surface area contributed by atoms with Crippen molar-refractivity contribution in [1.82, 2.24) is 9.55 Å². The summed E-state index contributed by atoms with van der Waals surface area (Å²) >= 11 is 2.18. The van der Waals surface area contributed by atoms with Crippen LogP contribution in [0, 0.1) is 0 Å². The Morgan fingerprint density at radius 3 is 2.74 bits per heavy atom. The summed E-state index contributed by atoms with van der Waals surface area (Å²) in [6, 6.07) is 8.75. The van der Waals surface area contributed by atoms with E-state index in [1.54, 1.807) is 17.5 Å². The molecule has 0 fully saturated rings. The van der Waals surface area contributed by atoms with Gasteiger partial charge in [0.05, 0.1) is 23.2 Å². The molecule has 11 heteroatoms. The van der Waals surface area contributed by atoms with Gasteiger partial charge in [0, 0.05) is 22.2 Å². The summed E-state index contributed by atoms with van der Waals surface area (Å²) in [5.41, 5.74) is 0.741. The lowest BCUT2D eigenvalue weighted by Gasteiger charge is -2.30. The second-order valence-corrected chi connectivity index (χ2v) is 10.8. The molecule has 8 nitrogen and oxygen atoms in total. The normalized spacial score (nSPS) is 14.2. The molecule has 31 heavy (non-hydrogen) atoms. The highest BCUT2D eigenvalue weighted by molar-refractivity contribution is 7.93. The monoisotopic (exact) mass is 475 g/mol. The molecule has 1 aliphatic heterocycles. The number of thiophene rings is 2. The number of aliphatic hydroxyl groups is 1. The third-order valence-corrected chi connectivity index (χ3v) is 9.14. The summed E-state index contributed by atoms with van der Waals surface area (Å²) in [4.78, 5) is 28.7. The largest absolute Gasteiger partial charge is 0.391 e. The molecule has 5 rings (SSSR count). The van der Waals surface area contributed by atoms with Crippen LogP contribution in [0.5, 0.6) is 0 Å². The number of hydrogen-bond acceptors (Lipinski definition) is 7. The van der Waals surface area contributed by atoms with E-state index in [9.17, 15) is 23.1 Å². The summed E-state index contributed by atoms with van der Waals surface area (Å²) in [6.45, 7) is 0.0413. The van der Waals surface area contributed by atoms with Gasteiger partial charge < -0.3 is 10.1 Å². The molecule has 160 valence electrons. The van der Waals surface area contributed by atoms with Crippen molar-refractivity contribution in [3.63, 3.8) is 0 Å². The van der Waals surface area contributed by atoms with Crippen LogP contribution in [0.25, 0.3) is 15.9 Å². The fraction of sp³-hybridized carbons (Fsp3) is 0.200. The Morgan fingerprint density at radius 1 is 1.13 bits per heavy atom. The molecule has 2 N–H and O–H groups in total. The number of H-pyrrole nitrogens is 1. The molecule has 4 heterocycles. The van der Waals surface area contributed by atoms with Gasteiger partial charge in [-0.15, -0.1) is 22.7 Å². The number of aromatic amines is 1. The van der Waals surface area contributed by atoms with Crippen LogP contribution >= 0.6 is 22.7 Å². The molecule has 1 aromatic carbocycles. The van der Waals surface area contributed by atoms with Gasteiger partial charge in [-0.3, -0.25) is 9.10 Å². The van der Waals surface area contributed by atoms with Gasteiger partial charge >= 0.3 is 5.69 Å². The van der Waals surface area contributed by atoms with E-state index in [0.29, 0.717) is 29.0 Å². The minimum Gasteiger partial charge on any atom is -0.391 e. The van der Waals surface area contributed by atoms with Crippen LogP contribution in [0.2, 0.25) is 0 Å². The number of nitrogens with zero attached hydrogens (tertiary/aromatic N) is 2. The molecule has 3 aromatic heterocycles. The van der Waals surface area contributed by atoms with Gasteiger partial charge in [-0.25, -0.2) is 17.8 Å². The molecule has 0 amide bonds. The van der Waals surface area contributed by atoms with E-state index in [2.05, 4.69) is 4.98 Å². The quantitative estimate of drug-likeness (QED) is 0.471. The first kappa shape index (κ1) is 20.2. The Morgan fingerprint density at radius 2 is 1.94 bits per heavy atom. The molecule has 0 atom stereocenters. The number of aryl methyl sites for hydroxylation is 1. The number of fused-ring (bicyclic) bond motifs is 2. The first-order valence-corrected chi connectivity index (χ1v) is 12.7. The molecule has 0 aliphatic carbocycles. The number of aliphatic hydroxyl groups excluding tert-OH is 1. The second kappa shape index (κ2) is 7.45. The summed E-state index contributed by atoms with van der Waals surface area (Å²) in [7, 11) is -3.85. The molecule has 0 unspecified atom stereocenters. The van der Waals surface area contributed by atoms with Gasteiger partial charge in [0.25, 0.3) is 15.6 Å².